The second-order valence-corrected chi connectivity index (χ2v) is 5.29. The van der Waals surface area contributed by atoms with E-state index in [1.54, 1.807) is 6.07 Å². The SMILES string of the molecule is CC(=O)c1cc(O)c(OCc2ccccc2)cc1I. The molecule has 0 saturated heterocycles. The van der Waals surface area contributed by atoms with E-state index in [1.807, 2.05) is 30.3 Å². The molecular weight excluding hydrogens is 355 g/mol. The molecule has 0 unspecified atom stereocenters. The molecule has 1 N–H and O–H groups in total. The molecule has 19 heavy (non-hydrogen) atoms. The molecule has 3 nitrogen and oxygen atoms in total. The van der Waals surface area contributed by atoms with Gasteiger partial charge in [-0.3, -0.25) is 4.79 Å². The van der Waals surface area contributed by atoms with Crippen LogP contribution in [0.25, 0.3) is 0 Å². The maximum absolute atomic E-state index is 11.4. The van der Waals surface area contributed by atoms with Gasteiger partial charge in [-0.05, 0) is 47.2 Å². The predicted octanol–water partition coefficient (Wildman–Crippen LogP) is 3.78. The van der Waals surface area contributed by atoms with Gasteiger partial charge in [0, 0.05) is 9.13 Å². The number of Topliss-reactive ketones (excluding diaryl/α,β-unsaturated/α-hetero) is 1. The zero-order valence-corrected chi connectivity index (χ0v) is 12.5. The average molecular weight is 368 g/mol. The normalized spacial score (nSPS) is 10.2. The molecule has 0 saturated carbocycles. The number of aromatic hydroxyl groups is 1. The number of ketones is 1. The molecular formula is C15H13IO3. The lowest BCUT2D eigenvalue weighted by Gasteiger charge is -2.10. The van der Waals surface area contributed by atoms with Gasteiger partial charge in [-0.2, -0.15) is 0 Å². The van der Waals surface area contributed by atoms with Crippen LogP contribution in [0.5, 0.6) is 11.5 Å². The molecule has 0 bridgehead atoms. The largest absolute Gasteiger partial charge is 0.504 e. The molecule has 0 aliphatic rings. The summed E-state index contributed by atoms with van der Waals surface area (Å²) < 4.78 is 6.34. The van der Waals surface area contributed by atoms with Gasteiger partial charge in [0.15, 0.2) is 17.3 Å². The van der Waals surface area contributed by atoms with Gasteiger partial charge in [-0.1, -0.05) is 30.3 Å². The molecule has 4 heteroatoms. The van der Waals surface area contributed by atoms with Crippen molar-refractivity contribution in [2.75, 3.05) is 0 Å². The van der Waals surface area contributed by atoms with Crippen LogP contribution >= 0.6 is 22.6 Å². The van der Waals surface area contributed by atoms with E-state index in [0.717, 1.165) is 9.13 Å². The molecule has 0 radical (unpaired) electrons. The number of phenols is 1. The third-order valence-electron chi connectivity index (χ3n) is 2.67. The van der Waals surface area contributed by atoms with Crippen molar-refractivity contribution in [2.45, 2.75) is 13.5 Å². The molecule has 0 fully saturated rings. The fourth-order valence-electron chi connectivity index (χ4n) is 1.66. The van der Waals surface area contributed by atoms with Crippen LogP contribution in [0.2, 0.25) is 0 Å². The second kappa shape index (κ2) is 6.06. The van der Waals surface area contributed by atoms with Crippen molar-refractivity contribution >= 4 is 28.4 Å². The quantitative estimate of drug-likeness (QED) is 0.660. The summed E-state index contributed by atoms with van der Waals surface area (Å²) in [5.74, 6) is 0.300. The lowest BCUT2D eigenvalue weighted by molar-refractivity contribution is 0.101. The molecule has 0 spiro atoms. The van der Waals surface area contributed by atoms with E-state index in [0.29, 0.717) is 17.9 Å². The summed E-state index contributed by atoms with van der Waals surface area (Å²) in [6, 6.07) is 12.8. The first-order chi connectivity index (χ1) is 9.08. The van der Waals surface area contributed by atoms with Crippen molar-refractivity contribution < 1.29 is 14.6 Å². The first-order valence-corrected chi connectivity index (χ1v) is 6.86. The Morgan fingerprint density at radius 3 is 2.58 bits per heavy atom. The highest BCUT2D eigenvalue weighted by molar-refractivity contribution is 14.1. The zero-order valence-electron chi connectivity index (χ0n) is 10.4. The van der Waals surface area contributed by atoms with Gasteiger partial charge in [0.2, 0.25) is 0 Å². The molecule has 2 aromatic carbocycles. The Morgan fingerprint density at radius 1 is 1.26 bits per heavy atom. The lowest BCUT2D eigenvalue weighted by atomic mass is 10.1. The minimum absolute atomic E-state index is 0.0125. The van der Waals surface area contributed by atoms with Crippen LogP contribution in [0.1, 0.15) is 22.8 Å². The van der Waals surface area contributed by atoms with Crippen LogP contribution < -0.4 is 4.74 Å². The summed E-state index contributed by atoms with van der Waals surface area (Å²) in [7, 11) is 0. The Kier molecular flexibility index (Phi) is 4.42. The summed E-state index contributed by atoms with van der Waals surface area (Å²) >= 11 is 2.06. The van der Waals surface area contributed by atoms with Crippen LogP contribution in [-0.2, 0) is 6.61 Å². The van der Waals surface area contributed by atoms with Crippen LogP contribution in [0.3, 0.4) is 0 Å². The number of phenolic OH excluding ortho intramolecular Hbond substituents is 1. The van der Waals surface area contributed by atoms with Gasteiger partial charge < -0.3 is 9.84 Å². The van der Waals surface area contributed by atoms with Gasteiger partial charge in [0.05, 0.1) is 0 Å². The summed E-state index contributed by atoms with van der Waals surface area (Å²) in [5.41, 5.74) is 1.53. The lowest BCUT2D eigenvalue weighted by Crippen LogP contribution is -1.99. The van der Waals surface area contributed by atoms with Crippen LogP contribution in [-0.4, -0.2) is 10.9 Å². The van der Waals surface area contributed by atoms with E-state index in [-0.39, 0.29) is 11.5 Å². The van der Waals surface area contributed by atoms with Crippen LogP contribution in [0.4, 0.5) is 0 Å². The molecule has 2 rings (SSSR count). The Bertz CT molecular complexity index is 594. The standard InChI is InChI=1S/C15H13IO3/c1-10(17)12-7-14(18)15(8-13(12)16)19-9-11-5-3-2-4-6-11/h2-8,18H,9H2,1H3. The summed E-state index contributed by atoms with van der Waals surface area (Å²) in [6.45, 7) is 1.85. The molecule has 0 atom stereocenters. The number of hydrogen-bond acceptors (Lipinski definition) is 3. The number of rotatable bonds is 4. The molecule has 0 aromatic heterocycles. The average Bonchev–Trinajstić information content (AvgIpc) is 2.40. The topological polar surface area (TPSA) is 46.5 Å². The predicted molar refractivity (Wildman–Crippen MR) is 81.6 cm³/mol. The van der Waals surface area contributed by atoms with Crippen molar-refractivity contribution in [3.8, 4) is 11.5 Å². The zero-order chi connectivity index (χ0) is 13.8. The first-order valence-electron chi connectivity index (χ1n) is 5.78. The highest BCUT2D eigenvalue weighted by Gasteiger charge is 2.11. The van der Waals surface area contributed by atoms with Gasteiger partial charge in [0.1, 0.15) is 6.61 Å². The Balaban J connectivity index is 2.17. The van der Waals surface area contributed by atoms with Crippen LogP contribution in [0, 0.1) is 3.57 Å². The highest BCUT2D eigenvalue weighted by Crippen LogP contribution is 2.31. The second-order valence-electron chi connectivity index (χ2n) is 4.13. The molecule has 0 aliphatic carbocycles. The fourth-order valence-corrected chi connectivity index (χ4v) is 2.48. The highest BCUT2D eigenvalue weighted by atomic mass is 127. The van der Waals surface area contributed by atoms with Crippen molar-refractivity contribution in [2.24, 2.45) is 0 Å². The number of ether oxygens (including phenoxy) is 1. The number of carbonyl (C=O) groups excluding carboxylic acids is 1. The van der Waals surface area contributed by atoms with Crippen molar-refractivity contribution in [3.63, 3.8) is 0 Å². The van der Waals surface area contributed by atoms with E-state index in [4.69, 9.17) is 4.74 Å². The Morgan fingerprint density at radius 2 is 1.95 bits per heavy atom. The summed E-state index contributed by atoms with van der Waals surface area (Å²) in [6.07, 6.45) is 0. The third-order valence-corrected chi connectivity index (χ3v) is 3.56. The maximum Gasteiger partial charge on any atom is 0.162 e. The minimum Gasteiger partial charge on any atom is -0.504 e. The Labute approximate surface area is 125 Å². The number of benzene rings is 2. The minimum atomic E-state index is -0.0747. The van der Waals surface area contributed by atoms with Crippen LogP contribution in [0.15, 0.2) is 42.5 Å². The van der Waals surface area contributed by atoms with E-state index >= 15 is 0 Å². The molecule has 0 heterocycles. The first kappa shape index (κ1) is 13.9. The van der Waals surface area contributed by atoms with E-state index < -0.39 is 0 Å². The Hall–Kier alpha value is -1.56. The van der Waals surface area contributed by atoms with E-state index in [9.17, 15) is 9.90 Å². The van der Waals surface area contributed by atoms with Gasteiger partial charge in [-0.15, -0.1) is 0 Å². The molecule has 0 amide bonds. The van der Waals surface area contributed by atoms with Crippen molar-refractivity contribution in [1.29, 1.82) is 0 Å². The number of carbonyl (C=O) groups is 1. The monoisotopic (exact) mass is 368 g/mol. The van der Waals surface area contributed by atoms with E-state index in [2.05, 4.69) is 22.6 Å². The smallest absolute Gasteiger partial charge is 0.162 e. The number of hydrogen-bond donors (Lipinski definition) is 1. The van der Waals surface area contributed by atoms with Crippen molar-refractivity contribution in [1.82, 2.24) is 0 Å². The molecule has 2 aromatic rings. The fraction of sp³-hybridized carbons (Fsp3) is 0.133. The summed E-state index contributed by atoms with van der Waals surface area (Å²) in [5, 5.41) is 9.86. The summed E-state index contributed by atoms with van der Waals surface area (Å²) in [4.78, 5) is 11.4. The van der Waals surface area contributed by atoms with E-state index in [1.165, 1.54) is 13.0 Å². The maximum atomic E-state index is 11.4. The number of halogens is 1. The van der Waals surface area contributed by atoms with Gasteiger partial charge in [0.25, 0.3) is 0 Å². The van der Waals surface area contributed by atoms with Gasteiger partial charge in [-0.25, -0.2) is 0 Å². The molecule has 0 aliphatic heterocycles. The third kappa shape index (κ3) is 3.47. The van der Waals surface area contributed by atoms with Gasteiger partial charge >= 0.3 is 0 Å². The van der Waals surface area contributed by atoms with Crippen molar-refractivity contribution in [3.05, 3.63) is 57.2 Å². The molecule has 98 valence electrons.